The van der Waals surface area contributed by atoms with Crippen LogP contribution in [0.4, 0.5) is 0 Å². The van der Waals surface area contributed by atoms with E-state index in [2.05, 4.69) is 17.4 Å². The molecule has 0 heterocycles. The molecular formula is C20H23NO3. The van der Waals surface area contributed by atoms with Crippen LogP contribution in [0.25, 0.3) is 0 Å². The fourth-order valence-electron chi connectivity index (χ4n) is 3.33. The number of fused-ring (bicyclic) bond motifs is 1. The summed E-state index contributed by atoms with van der Waals surface area (Å²) in [4.78, 5) is 12.7. The van der Waals surface area contributed by atoms with Gasteiger partial charge in [0.05, 0.1) is 20.1 Å². The summed E-state index contributed by atoms with van der Waals surface area (Å²) in [6.45, 7) is 0.449. The number of aryl methyl sites for hydroxylation is 1. The highest BCUT2D eigenvalue weighted by Gasteiger charge is 2.26. The minimum atomic E-state index is -0.0563. The van der Waals surface area contributed by atoms with E-state index < -0.39 is 0 Å². The van der Waals surface area contributed by atoms with Crippen LogP contribution >= 0.6 is 0 Å². The number of hydrogen-bond donors (Lipinski definition) is 1. The van der Waals surface area contributed by atoms with Gasteiger partial charge in [-0.1, -0.05) is 24.3 Å². The molecule has 2 aromatic rings. The van der Waals surface area contributed by atoms with Crippen LogP contribution < -0.4 is 14.8 Å². The number of hydrogen-bond acceptors (Lipinski definition) is 3. The Kier molecular flexibility index (Phi) is 5.04. The molecule has 4 nitrogen and oxygen atoms in total. The number of methoxy groups -OCH3 is 2. The molecule has 1 aliphatic rings. The summed E-state index contributed by atoms with van der Waals surface area (Å²) in [7, 11) is 3.24. The highest BCUT2D eigenvalue weighted by Crippen LogP contribution is 2.32. The predicted molar refractivity (Wildman–Crippen MR) is 93.5 cm³/mol. The van der Waals surface area contributed by atoms with Gasteiger partial charge in [-0.15, -0.1) is 0 Å². The predicted octanol–water partition coefficient (Wildman–Crippen LogP) is 3.44. The molecule has 1 unspecified atom stereocenters. The second kappa shape index (κ2) is 7.39. The van der Waals surface area contributed by atoms with Gasteiger partial charge in [-0.3, -0.25) is 4.79 Å². The van der Waals surface area contributed by atoms with Crippen molar-refractivity contribution in [3.8, 4) is 11.5 Å². The number of benzene rings is 2. The van der Waals surface area contributed by atoms with Crippen molar-refractivity contribution in [3.63, 3.8) is 0 Å². The summed E-state index contributed by atoms with van der Waals surface area (Å²) in [6, 6.07) is 13.9. The Hall–Kier alpha value is -2.49. The molecule has 0 spiro atoms. The quantitative estimate of drug-likeness (QED) is 0.916. The Balaban J connectivity index is 1.71. The summed E-state index contributed by atoms with van der Waals surface area (Å²) in [5.74, 6) is 1.49. The van der Waals surface area contributed by atoms with Crippen LogP contribution in [0.3, 0.4) is 0 Å². The lowest BCUT2D eigenvalue weighted by Gasteiger charge is -2.24. The van der Waals surface area contributed by atoms with Gasteiger partial charge >= 0.3 is 0 Å². The van der Waals surface area contributed by atoms with Crippen LogP contribution in [0.2, 0.25) is 0 Å². The van der Waals surface area contributed by atoms with Gasteiger partial charge in [0, 0.05) is 18.2 Å². The summed E-state index contributed by atoms with van der Waals surface area (Å²) < 4.78 is 10.6. The first-order chi connectivity index (χ1) is 11.7. The van der Waals surface area contributed by atoms with Crippen molar-refractivity contribution in [2.75, 3.05) is 14.2 Å². The van der Waals surface area contributed by atoms with Gasteiger partial charge < -0.3 is 14.8 Å². The summed E-state index contributed by atoms with van der Waals surface area (Å²) in [6.07, 6.45) is 3.02. The van der Waals surface area contributed by atoms with Gasteiger partial charge in [-0.05, 0) is 42.5 Å². The second-order valence-electron chi connectivity index (χ2n) is 6.04. The minimum Gasteiger partial charge on any atom is -0.497 e. The average molecular weight is 325 g/mol. The smallest absolute Gasteiger partial charge is 0.227 e. The van der Waals surface area contributed by atoms with E-state index in [0.717, 1.165) is 36.3 Å². The van der Waals surface area contributed by atoms with Crippen LogP contribution in [-0.4, -0.2) is 20.1 Å². The van der Waals surface area contributed by atoms with Crippen molar-refractivity contribution < 1.29 is 14.3 Å². The Morgan fingerprint density at radius 3 is 2.79 bits per heavy atom. The molecular weight excluding hydrogens is 302 g/mol. The summed E-state index contributed by atoms with van der Waals surface area (Å²) >= 11 is 0. The van der Waals surface area contributed by atoms with Gasteiger partial charge in [-0.25, -0.2) is 0 Å². The molecule has 3 rings (SSSR count). The number of carbonyl (C=O) groups excluding carboxylic acids is 1. The van der Waals surface area contributed by atoms with Crippen molar-refractivity contribution in [1.29, 1.82) is 0 Å². The molecule has 0 aromatic heterocycles. The van der Waals surface area contributed by atoms with E-state index >= 15 is 0 Å². The standard InChI is InChI=1S/C20H23NO3/c1-23-16-11-10-15(19(12-16)24-2)13-21-20(22)18-9-5-7-14-6-3-4-8-17(14)18/h3-4,6,8,10-12,18H,5,7,9,13H2,1-2H3,(H,21,22). The molecule has 0 fully saturated rings. The maximum absolute atomic E-state index is 12.7. The molecule has 0 aliphatic heterocycles. The highest BCUT2D eigenvalue weighted by atomic mass is 16.5. The van der Waals surface area contributed by atoms with E-state index in [1.165, 1.54) is 11.1 Å². The number of ether oxygens (including phenoxy) is 2. The number of rotatable bonds is 5. The Bertz CT molecular complexity index is 727. The van der Waals surface area contributed by atoms with Crippen molar-refractivity contribution in [2.45, 2.75) is 31.7 Å². The SMILES string of the molecule is COc1ccc(CNC(=O)C2CCCc3ccccc32)c(OC)c1. The molecule has 2 aromatic carbocycles. The van der Waals surface area contributed by atoms with Gasteiger partial charge in [-0.2, -0.15) is 0 Å². The first-order valence-corrected chi connectivity index (χ1v) is 8.29. The van der Waals surface area contributed by atoms with E-state index in [9.17, 15) is 4.79 Å². The Morgan fingerprint density at radius 1 is 1.17 bits per heavy atom. The van der Waals surface area contributed by atoms with E-state index in [1.54, 1.807) is 14.2 Å². The molecule has 0 radical (unpaired) electrons. The van der Waals surface area contributed by atoms with Gasteiger partial charge in [0.15, 0.2) is 0 Å². The third-order valence-electron chi connectivity index (χ3n) is 4.63. The first kappa shape index (κ1) is 16.4. The van der Waals surface area contributed by atoms with Crippen molar-refractivity contribution in [1.82, 2.24) is 5.32 Å². The van der Waals surface area contributed by atoms with Gasteiger partial charge in [0.2, 0.25) is 5.91 Å². The van der Waals surface area contributed by atoms with Crippen molar-refractivity contribution in [3.05, 3.63) is 59.2 Å². The fraction of sp³-hybridized carbons (Fsp3) is 0.350. The molecule has 0 bridgehead atoms. The molecule has 1 atom stereocenters. The lowest BCUT2D eigenvalue weighted by atomic mass is 9.82. The molecule has 0 saturated carbocycles. The lowest BCUT2D eigenvalue weighted by Crippen LogP contribution is -2.31. The maximum Gasteiger partial charge on any atom is 0.227 e. The highest BCUT2D eigenvalue weighted by molar-refractivity contribution is 5.84. The monoisotopic (exact) mass is 325 g/mol. The zero-order valence-electron chi connectivity index (χ0n) is 14.2. The van der Waals surface area contributed by atoms with Crippen molar-refractivity contribution in [2.24, 2.45) is 0 Å². The van der Waals surface area contributed by atoms with Crippen LogP contribution in [0.15, 0.2) is 42.5 Å². The van der Waals surface area contributed by atoms with Crippen LogP contribution in [-0.2, 0) is 17.8 Å². The zero-order chi connectivity index (χ0) is 16.9. The second-order valence-corrected chi connectivity index (χ2v) is 6.04. The van der Waals surface area contributed by atoms with E-state index in [1.807, 2.05) is 30.3 Å². The molecule has 1 aliphatic carbocycles. The number of nitrogens with one attached hydrogen (secondary N) is 1. The molecule has 4 heteroatoms. The van der Waals surface area contributed by atoms with Crippen molar-refractivity contribution >= 4 is 5.91 Å². The number of amides is 1. The van der Waals surface area contributed by atoms with Gasteiger partial charge in [0.1, 0.15) is 11.5 Å². The normalized spacial score (nSPS) is 16.2. The molecule has 126 valence electrons. The van der Waals surface area contributed by atoms with Crippen LogP contribution in [0.5, 0.6) is 11.5 Å². The van der Waals surface area contributed by atoms with Crippen LogP contribution in [0, 0.1) is 0 Å². The third kappa shape index (κ3) is 3.37. The largest absolute Gasteiger partial charge is 0.497 e. The van der Waals surface area contributed by atoms with E-state index in [4.69, 9.17) is 9.47 Å². The Labute approximate surface area is 142 Å². The number of carbonyl (C=O) groups is 1. The van der Waals surface area contributed by atoms with Gasteiger partial charge in [0.25, 0.3) is 0 Å². The maximum atomic E-state index is 12.7. The molecule has 0 saturated heterocycles. The fourth-order valence-corrected chi connectivity index (χ4v) is 3.33. The Morgan fingerprint density at radius 2 is 2.00 bits per heavy atom. The first-order valence-electron chi connectivity index (χ1n) is 8.29. The summed E-state index contributed by atoms with van der Waals surface area (Å²) in [5.41, 5.74) is 3.41. The van der Waals surface area contributed by atoms with E-state index in [0.29, 0.717) is 6.54 Å². The zero-order valence-corrected chi connectivity index (χ0v) is 14.2. The molecule has 1 N–H and O–H groups in total. The minimum absolute atomic E-state index is 0.0563. The van der Waals surface area contributed by atoms with E-state index in [-0.39, 0.29) is 11.8 Å². The third-order valence-corrected chi connectivity index (χ3v) is 4.63. The van der Waals surface area contributed by atoms with Crippen LogP contribution in [0.1, 0.15) is 35.4 Å². The molecule has 1 amide bonds. The molecule has 24 heavy (non-hydrogen) atoms. The average Bonchev–Trinajstić information content (AvgIpc) is 2.65. The lowest BCUT2D eigenvalue weighted by molar-refractivity contribution is -0.123. The topological polar surface area (TPSA) is 47.6 Å². The summed E-state index contributed by atoms with van der Waals surface area (Å²) in [5, 5.41) is 3.06.